The molecule has 1 aliphatic rings. The number of hydrogen-bond acceptors (Lipinski definition) is 1. The van der Waals surface area contributed by atoms with Crippen molar-refractivity contribution in [3.05, 3.63) is 12.7 Å². The molecule has 0 bridgehead atoms. The molecule has 0 amide bonds. The van der Waals surface area contributed by atoms with Crippen LogP contribution >= 0.6 is 0 Å². The topological polar surface area (TPSA) is 12.0 Å². The lowest BCUT2D eigenvalue weighted by atomic mass is 9.99. The Balaban J connectivity index is 2.16. The van der Waals surface area contributed by atoms with Gasteiger partial charge in [-0.15, -0.1) is 6.58 Å². The van der Waals surface area contributed by atoms with Crippen LogP contribution in [0.1, 0.15) is 19.3 Å². The molecule has 0 spiro atoms. The summed E-state index contributed by atoms with van der Waals surface area (Å²) in [6.45, 7) is 5.42. The molecule has 64 valence electrons. The average Bonchev–Trinajstić information content (AvgIpc) is 2.52. The molecule has 1 unspecified atom stereocenters. The van der Waals surface area contributed by atoms with E-state index >= 15 is 0 Å². The van der Waals surface area contributed by atoms with E-state index in [9.17, 15) is 4.39 Å². The number of hydrogen-bond donors (Lipinski definition) is 1. The molecule has 1 heterocycles. The van der Waals surface area contributed by atoms with E-state index in [0.717, 1.165) is 25.9 Å². The van der Waals surface area contributed by atoms with Gasteiger partial charge in [0.1, 0.15) is 6.17 Å². The van der Waals surface area contributed by atoms with Gasteiger partial charge in [-0.25, -0.2) is 4.39 Å². The molecule has 2 atom stereocenters. The summed E-state index contributed by atoms with van der Waals surface area (Å²) in [7, 11) is 0. The lowest BCUT2D eigenvalue weighted by Crippen LogP contribution is -2.18. The highest BCUT2D eigenvalue weighted by Gasteiger charge is 2.23. The third kappa shape index (κ3) is 2.62. The predicted molar refractivity (Wildman–Crippen MR) is 45.3 cm³/mol. The van der Waals surface area contributed by atoms with Gasteiger partial charge in [0.2, 0.25) is 0 Å². The predicted octanol–water partition coefficient (Wildman–Crippen LogP) is 1.90. The van der Waals surface area contributed by atoms with Crippen LogP contribution in [-0.4, -0.2) is 19.3 Å². The van der Waals surface area contributed by atoms with Gasteiger partial charge in [0.25, 0.3) is 0 Å². The fourth-order valence-corrected chi connectivity index (χ4v) is 1.50. The molecule has 0 radical (unpaired) electrons. The molecule has 1 saturated heterocycles. The highest BCUT2D eigenvalue weighted by atomic mass is 19.1. The summed E-state index contributed by atoms with van der Waals surface area (Å²) < 4.78 is 13.2. The molecule has 1 rings (SSSR count). The van der Waals surface area contributed by atoms with Gasteiger partial charge in [-0.2, -0.15) is 0 Å². The Kier molecular flexibility index (Phi) is 3.57. The summed E-state index contributed by atoms with van der Waals surface area (Å²) in [6.07, 6.45) is 3.61. The molecule has 1 fully saturated rings. The minimum absolute atomic E-state index is 0.259. The van der Waals surface area contributed by atoms with Crippen LogP contribution in [-0.2, 0) is 0 Å². The van der Waals surface area contributed by atoms with Crippen molar-refractivity contribution < 1.29 is 4.39 Å². The summed E-state index contributed by atoms with van der Waals surface area (Å²) in [5.41, 5.74) is 0. The van der Waals surface area contributed by atoms with E-state index < -0.39 is 6.17 Å². The first kappa shape index (κ1) is 8.72. The van der Waals surface area contributed by atoms with Crippen molar-refractivity contribution in [2.45, 2.75) is 25.4 Å². The molecule has 0 aromatic rings. The summed E-state index contributed by atoms with van der Waals surface area (Å²) in [5.74, 6) is 0.259. The smallest absolute Gasteiger partial charge is 0.104 e. The highest BCUT2D eigenvalue weighted by Crippen LogP contribution is 2.19. The minimum atomic E-state index is -0.622. The first-order valence-corrected chi connectivity index (χ1v) is 4.30. The van der Waals surface area contributed by atoms with Gasteiger partial charge in [-0.1, -0.05) is 6.08 Å². The Morgan fingerprint density at radius 2 is 2.55 bits per heavy atom. The van der Waals surface area contributed by atoms with Crippen molar-refractivity contribution >= 4 is 0 Å². The SMILES string of the molecule is C=CCCC(F)[C@@H]1CCNC1. The van der Waals surface area contributed by atoms with Gasteiger partial charge < -0.3 is 5.32 Å². The van der Waals surface area contributed by atoms with Crippen LogP contribution in [0.3, 0.4) is 0 Å². The molecule has 0 aromatic heterocycles. The van der Waals surface area contributed by atoms with Gasteiger partial charge in [-0.3, -0.25) is 0 Å². The minimum Gasteiger partial charge on any atom is -0.316 e. The Morgan fingerprint density at radius 1 is 1.73 bits per heavy atom. The summed E-state index contributed by atoms with van der Waals surface area (Å²) >= 11 is 0. The number of alkyl halides is 1. The molecular weight excluding hydrogens is 141 g/mol. The number of rotatable bonds is 4. The quantitative estimate of drug-likeness (QED) is 0.614. The van der Waals surface area contributed by atoms with E-state index in [0.29, 0.717) is 6.42 Å². The van der Waals surface area contributed by atoms with Crippen molar-refractivity contribution in [3.8, 4) is 0 Å². The van der Waals surface area contributed by atoms with Gasteiger partial charge >= 0.3 is 0 Å². The van der Waals surface area contributed by atoms with Crippen molar-refractivity contribution in [2.75, 3.05) is 13.1 Å². The van der Waals surface area contributed by atoms with Gasteiger partial charge in [0, 0.05) is 12.5 Å². The van der Waals surface area contributed by atoms with Gasteiger partial charge in [0.05, 0.1) is 0 Å². The zero-order valence-corrected chi connectivity index (χ0v) is 6.85. The van der Waals surface area contributed by atoms with Crippen LogP contribution in [0.4, 0.5) is 4.39 Å². The third-order valence-corrected chi connectivity index (χ3v) is 2.26. The maximum absolute atomic E-state index is 13.2. The summed E-state index contributed by atoms with van der Waals surface area (Å²) in [4.78, 5) is 0. The fraction of sp³-hybridized carbons (Fsp3) is 0.778. The van der Waals surface area contributed by atoms with Crippen LogP contribution in [0.15, 0.2) is 12.7 Å². The van der Waals surface area contributed by atoms with E-state index in [2.05, 4.69) is 11.9 Å². The standard InChI is InChI=1S/C9H16FN/c1-2-3-4-9(10)8-5-6-11-7-8/h2,8-9,11H,1,3-7H2/t8-,9?/m1/s1. The second-order valence-corrected chi connectivity index (χ2v) is 3.13. The number of nitrogens with one attached hydrogen (secondary N) is 1. The van der Waals surface area contributed by atoms with E-state index in [4.69, 9.17) is 0 Å². The zero-order valence-electron chi connectivity index (χ0n) is 6.85. The second kappa shape index (κ2) is 4.50. The van der Waals surface area contributed by atoms with Gasteiger partial charge in [-0.05, 0) is 25.8 Å². The van der Waals surface area contributed by atoms with Crippen molar-refractivity contribution in [1.29, 1.82) is 0 Å². The molecule has 0 aromatic carbocycles. The highest BCUT2D eigenvalue weighted by molar-refractivity contribution is 4.80. The first-order valence-electron chi connectivity index (χ1n) is 4.30. The van der Waals surface area contributed by atoms with Crippen LogP contribution < -0.4 is 5.32 Å². The molecule has 0 aliphatic carbocycles. The Morgan fingerprint density at radius 3 is 3.09 bits per heavy atom. The maximum atomic E-state index is 13.2. The summed E-state index contributed by atoms with van der Waals surface area (Å²) in [5, 5.41) is 3.16. The van der Waals surface area contributed by atoms with Crippen LogP contribution in [0.25, 0.3) is 0 Å². The molecule has 11 heavy (non-hydrogen) atoms. The van der Waals surface area contributed by atoms with Crippen molar-refractivity contribution in [1.82, 2.24) is 5.32 Å². The lowest BCUT2D eigenvalue weighted by molar-refractivity contribution is 0.228. The van der Waals surface area contributed by atoms with Crippen molar-refractivity contribution in [3.63, 3.8) is 0 Å². The van der Waals surface area contributed by atoms with Gasteiger partial charge in [0.15, 0.2) is 0 Å². The second-order valence-electron chi connectivity index (χ2n) is 3.13. The fourth-order valence-electron chi connectivity index (χ4n) is 1.50. The van der Waals surface area contributed by atoms with E-state index in [1.54, 1.807) is 6.08 Å². The summed E-state index contributed by atoms with van der Waals surface area (Å²) in [6, 6.07) is 0. The Labute approximate surface area is 67.7 Å². The maximum Gasteiger partial charge on any atom is 0.104 e. The van der Waals surface area contributed by atoms with Crippen LogP contribution in [0, 0.1) is 5.92 Å². The zero-order chi connectivity index (χ0) is 8.10. The first-order chi connectivity index (χ1) is 5.34. The number of allylic oxidation sites excluding steroid dienone is 1. The van der Waals surface area contributed by atoms with Crippen LogP contribution in [0.5, 0.6) is 0 Å². The molecule has 1 aliphatic heterocycles. The Bertz CT molecular complexity index is 119. The molecule has 2 heteroatoms. The van der Waals surface area contributed by atoms with Crippen LogP contribution in [0.2, 0.25) is 0 Å². The normalized spacial score (nSPS) is 26.8. The number of halogens is 1. The monoisotopic (exact) mass is 157 g/mol. The molecule has 1 N–H and O–H groups in total. The lowest BCUT2D eigenvalue weighted by Gasteiger charge is -2.12. The molecule has 0 saturated carbocycles. The Hall–Kier alpha value is -0.370. The molecular formula is C9H16FN. The molecule has 1 nitrogen and oxygen atoms in total. The van der Waals surface area contributed by atoms with E-state index in [-0.39, 0.29) is 5.92 Å². The van der Waals surface area contributed by atoms with E-state index in [1.807, 2.05) is 0 Å². The van der Waals surface area contributed by atoms with E-state index in [1.165, 1.54) is 0 Å². The third-order valence-electron chi connectivity index (χ3n) is 2.26. The average molecular weight is 157 g/mol. The largest absolute Gasteiger partial charge is 0.316 e. The van der Waals surface area contributed by atoms with Crippen molar-refractivity contribution in [2.24, 2.45) is 5.92 Å².